The lowest BCUT2D eigenvalue weighted by atomic mass is 10.1. The van der Waals surface area contributed by atoms with Crippen LogP contribution in [-0.4, -0.2) is 11.9 Å². The van der Waals surface area contributed by atoms with Crippen molar-refractivity contribution in [1.82, 2.24) is 5.32 Å². The van der Waals surface area contributed by atoms with Gasteiger partial charge in [0.05, 0.1) is 10.7 Å². The quantitative estimate of drug-likeness (QED) is 0.778. The van der Waals surface area contributed by atoms with Crippen LogP contribution in [0.25, 0.3) is 0 Å². The molecule has 1 atom stereocenters. The molecule has 1 fully saturated rings. The number of hydrogen-bond donors (Lipinski definition) is 2. The fourth-order valence-electron chi connectivity index (χ4n) is 1.62. The first kappa shape index (κ1) is 11.3. The number of halogens is 1. The van der Waals surface area contributed by atoms with E-state index in [1.165, 1.54) is 0 Å². The molecule has 0 heterocycles. The Morgan fingerprint density at radius 3 is 2.69 bits per heavy atom. The molecule has 0 spiro atoms. The second-order valence-electron chi connectivity index (χ2n) is 4.96. The zero-order valence-corrected chi connectivity index (χ0v) is 10.1. The molecule has 1 amide bonds. The summed E-state index contributed by atoms with van der Waals surface area (Å²) in [6.45, 7) is 4.27. The molecule has 1 aliphatic carbocycles. The third-order valence-electron chi connectivity index (χ3n) is 3.08. The smallest absolute Gasteiger partial charge is 0.251 e. The molecule has 3 nitrogen and oxygen atoms in total. The van der Waals surface area contributed by atoms with E-state index in [0.717, 1.165) is 6.42 Å². The molecule has 0 saturated heterocycles. The van der Waals surface area contributed by atoms with Crippen LogP contribution in [-0.2, 0) is 0 Å². The monoisotopic (exact) mass is 238 g/mol. The van der Waals surface area contributed by atoms with E-state index < -0.39 is 0 Å². The van der Waals surface area contributed by atoms with Crippen molar-refractivity contribution in [3.8, 4) is 0 Å². The number of nitrogens with two attached hydrogens (primary N) is 1. The number of hydrogen-bond acceptors (Lipinski definition) is 2. The van der Waals surface area contributed by atoms with Crippen LogP contribution in [0.2, 0.25) is 5.02 Å². The molecule has 4 heteroatoms. The van der Waals surface area contributed by atoms with Crippen LogP contribution >= 0.6 is 11.6 Å². The first-order valence-electron chi connectivity index (χ1n) is 5.26. The Morgan fingerprint density at radius 2 is 2.19 bits per heavy atom. The predicted molar refractivity (Wildman–Crippen MR) is 65.5 cm³/mol. The maximum absolute atomic E-state index is 11.8. The van der Waals surface area contributed by atoms with Gasteiger partial charge in [0, 0.05) is 11.6 Å². The molecule has 1 aromatic rings. The van der Waals surface area contributed by atoms with Gasteiger partial charge in [-0.25, -0.2) is 0 Å². The summed E-state index contributed by atoms with van der Waals surface area (Å²) in [4.78, 5) is 11.8. The van der Waals surface area contributed by atoms with Crippen LogP contribution in [0.5, 0.6) is 0 Å². The van der Waals surface area contributed by atoms with E-state index in [1.807, 2.05) is 0 Å². The van der Waals surface area contributed by atoms with Gasteiger partial charge in [-0.1, -0.05) is 25.4 Å². The summed E-state index contributed by atoms with van der Waals surface area (Å²) in [5.41, 5.74) is 6.86. The van der Waals surface area contributed by atoms with Crippen LogP contribution in [0, 0.1) is 5.41 Å². The zero-order valence-electron chi connectivity index (χ0n) is 9.38. The molecule has 1 aromatic carbocycles. The van der Waals surface area contributed by atoms with Gasteiger partial charge in [-0.15, -0.1) is 0 Å². The van der Waals surface area contributed by atoms with E-state index in [9.17, 15) is 4.79 Å². The molecule has 16 heavy (non-hydrogen) atoms. The van der Waals surface area contributed by atoms with Crippen LogP contribution in [0.1, 0.15) is 30.6 Å². The fourth-order valence-corrected chi connectivity index (χ4v) is 1.80. The van der Waals surface area contributed by atoms with Crippen molar-refractivity contribution in [3.63, 3.8) is 0 Å². The largest absolute Gasteiger partial charge is 0.398 e. The first-order valence-corrected chi connectivity index (χ1v) is 5.64. The van der Waals surface area contributed by atoms with Gasteiger partial charge in [0.25, 0.3) is 5.91 Å². The Balaban J connectivity index is 2.07. The maximum atomic E-state index is 11.8. The van der Waals surface area contributed by atoms with Crippen molar-refractivity contribution in [2.24, 2.45) is 5.41 Å². The summed E-state index contributed by atoms with van der Waals surface area (Å²) in [6, 6.07) is 5.21. The number of nitrogen functional groups attached to an aromatic ring is 1. The molecule has 0 aromatic heterocycles. The summed E-state index contributed by atoms with van der Waals surface area (Å²) in [5, 5.41) is 3.39. The molecule has 1 aliphatic rings. The number of benzene rings is 1. The Bertz CT molecular complexity index is 443. The third-order valence-corrected chi connectivity index (χ3v) is 3.41. The Morgan fingerprint density at radius 1 is 1.56 bits per heavy atom. The van der Waals surface area contributed by atoms with Crippen molar-refractivity contribution in [3.05, 3.63) is 28.8 Å². The average Bonchev–Trinajstić information content (AvgIpc) is 2.78. The predicted octanol–water partition coefficient (Wildman–Crippen LogP) is 2.45. The van der Waals surface area contributed by atoms with Gasteiger partial charge >= 0.3 is 0 Å². The lowest BCUT2D eigenvalue weighted by molar-refractivity contribution is 0.0946. The number of carbonyl (C=O) groups excluding carboxylic acids is 1. The highest BCUT2D eigenvalue weighted by molar-refractivity contribution is 6.33. The lowest BCUT2D eigenvalue weighted by Gasteiger charge is -2.07. The van der Waals surface area contributed by atoms with Gasteiger partial charge in [0.15, 0.2) is 0 Å². The van der Waals surface area contributed by atoms with Gasteiger partial charge < -0.3 is 11.1 Å². The molecule has 1 saturated carbocycles. The van der Waals surface area contributed by atoms with Crippen molar-refractivity contribution in [2.75, 3.05) is 5.73 Å². The molecule has 0 bridgehead atoms. The fraction of sp³-hybridized carbons (Fsp3) is 0.417. The van der Waals surface area contributed by atoms with Crippen LogP contribution in [0.15, 0.2) is 18.2 Å². The van der Waals surface area contributed by atoms with Crippen molar-refractivity contribution < 1.29 is 4.79 Å². The average molecular weight is 239 g/mol. The van der Waals surface area contributed by atoms with Crippen molar-refractivity contribution in [1.29, 1.82) is 0 Å². The Kier molecular flexibility index (Phi) is 2.58. The van der Waals surface area contributed by atoms with Crippen molar-refractivity contribution >= 4 is 23.2 Å². The molecule has 86 valence electrons. The van der Waals surface area contributed by atoms with Gasteiger partial charge in [-0.05, 0) is 30.0 Å². The van der Waals surface area contributed by atoms with E-state index in [-0.39, 0.29) is 17.4 Å². The van der Waals surface area contributed by atoms with Crippen molar-refractivity contribution in [2.45, 2.75) is 26.3 Å². The molecule has 3 N–H and O–H groups in total. The molecular formula is C12H15ClN2O. The maximum Gasteiger partial charge on any atom is 0.251 e. The number of amides is 1. The van der Waals surface area contributed by atoms with Crippen LogP contribution < -0.4 is 11.1 Å². The minimum atomic E-state index is -0.0857. The van der Waals surface area contributed by atoms with E-state index in [4.69, 9.17) is 17.3 Å². The highest BCUT2D eigenvalue weighted by Gasteiger charge is 2.46. The number of rotatable bonds is 2. The zero-order chi connectivity index (χ0) is 11.9. The summed E-state index contributed by atoms with van der Waals surface area (Å²) in [6.07, 6.45) is 1.03. The SMILES string of the molecule is CC1(C)CC1NC(=O)c1ccc(N)c(Cl)c1. The van der Waals surface area contributed by atoms with Gasteiger partial charge in [0.2, 0.25) is 0 Å². The Hall–Kier alpha value is -1.22. The van der Waals surface area contributed by atoms with Crippen LogP contribution in [0.3, 0.4) is 0 Å². The summed E-state index contributed by atoms with van der Waals surface area (Å²) < 4.78 is 0. The standard InChI is InChI=1S/C12H15ClN2O/c1-12(2)6-10(12)15-11(16)7-3-4-9(14)8(13)5-7/h3-5,10H,6,14H2,1-2H3,(H,15,16). The highest BCUT2D eigenvalue weighted by atomic mass is 35.5. The number of carbonyl (C=O) groups is 1. The number of anilines is 1. The molecule has 0 radical (unpaired) electrons. The topological polar surface area (TPSA) is 55.1 Å². The molecule has 1 unspecified atom stereocenters. The van der Waals surface area contributed by atoms with Crippen LogP contribution in [0.4, 0.5) is 5.69 Å². The third kappa shape index (κ3) is 2.14. The minimum Gasteiger partial charge on any atom is -0.398 e. The van der Waals surface area contributed by atoms with E-state index >= 15 is 0 Å². The van der Waals surface area contributed by atoms with Gasteiger partial charge in [0.1, 0.15) is 0 Å². The second kappa shape index (κ2) is 3.67. The molecule has 2 rings (SSSR count). The Labute approximate surface area is 100.0 Å². The highest BCUT2D eigenvalue weighted by Crippen LogP contribution is 2.44. The van der Waals surface area contributed by atoms with E-state index in [2.05, 4.69) is 19.2 Å². The van der Waals surface area contributed by atoms with E-state index in [1.54, 1.807) is 18.2 Å². The molecular weight excluding hydrogens is 224 g/mol. The van der Waals surface area contributed by atoms with Gasteiger partial charge in [-0.3, -0.25) is 4.79 Å². The van der Waals surface area contributed by atoms with Gasteiger partial charge in [-0.2, -0.15) is 0 Å². The lowest BCUT2D eigenvalue weighted by Crippen LogP contribution is -2.28. The van der Waals surface area contributed by atoms with E-state index in [0.29, 0.717) is 16.3 Å². The minimum absolute atomic E-state index is 0.0857. The first-order chi connectivity index (χ1) is 7.40. The summed E-state index contributed by atoms with van der Waals surface area (Å²) in [5.74, 6) is -0.0857. The summed E-state index contributed by atoms with van der Waals surface area (Å²) in [7, 11) is 0. The number of nitrogens with one attached hydrogen (secondary N) is 1. The summed E-state index contributed by atoms with van der Waals surface area (Å²) >= 11 is 5.86. The molecule has 0 aliphatic heterocycles. The normalized spacial score (nSPS) is 21.6. The second-order valence-corrected chi connectivity index (χ2v) is 5.36.